The molecule has 1 aliphatic carbocycles. The predicted octanol–water partition coefficient (Wildman–Crippen LogP) is 3.60. The van der Waals surface area contributed by atoms with Gasteiger partial charge in [0.25, 0.3) is 5.89 Å². The number of anilines is 2. The third-order valence-corrected chi connectivity index (χ3v) is 5.19. The molecular formula is C17H17FIN5O. The molecule has 1 aromatic carbocycles. The number of halogens is 2. The van der Waals surface area contributed by atoms with Crippen LogP contribution in [0, 0.1) is 9.39 Å². The quantitative estimate of drug-likeness (QED) is 0.692. The van der Waals surface area contributed by atoms with Crippen molar-refractivity contribution in [1.29, 1.82) is 0 Å². The largest absolute Gasteiger partial charge is 0.403 e. The van der Waals surface area contributed by atoms with Gasteiger partial charge in [0.2, 0.25) is 0 Å². The predicted molar refractivity (Wildman–Crippen MR) is 102 cm³/mol. The summed E-state index contributed by atoms with van der Waals surface area (Å²) < 4.78 is 20.7. The molecule has 0 saturated heterocycles. The Morgan fingerprint density at radius 3 is 2.88 bits per heavy atom. The van der Waals surface area contributed by atoms with Crippen molar-refractivity contribution in [2.24, 2.45) is 0 Å². The number of rotatable bonds is 3. The van der Waals surface area contributed by atoms with Crippen LogP contribution in [0.1, 0.15) is 25.2 Å². The fourth-order valence-electron chi connectivity index (χ4n) is 3.42. The highest BCUT2D eigenvalue weighted by molar-refractivity contribution is 14.1. The maximum absolute atomic E-state index is 14.3. The van der Waals surface area contributed by atoms with Crippen LogP contribution in [-0.2, 0) is 0 Å². The van der Waals surface area contributed by atoms with Crippen molar-refractivity contribution >= 4 is 39.9 Å². The maximum atomic E-state index is 14.3. The van der Waals surface area contributed by atoms with Crippen molar-refractivity contribution in [1.82, 2.24) is 15.1 Å². The molecule has 6 nitrogen and oxygen atoms in total. The monoisotopic (exact) mass is 453 g/mol. The number of benzene rings is 1. The Morgan fingerprint density at radius 1 is 1.32 bits per heavy atom. The number of nitrogens with zero attached hydrogens (tertiary/aromatic N) is 3. The molecule has 0 radical (unpaired) electrons. The van der Waals surface area contributed by atoms with Crippen molar-refractivity contribution in [3.8, 4) is 0 Å². The molecule has 0 saturated carbocycles. The zero-order valence-corrected chi connectivity index (χ0v) is 15.8. The number of allylic oxidation sites excluding steroid dienone is 2. The molecule has 0 atom stereocenters. The number of hydrogen-bond donors (Lipinski definition) is 2. The standard InChI is InChI=1S/C17H17FIN5O/c1-24-8-9-3-2-4-11(9)14(16-22-23-17(20)25-16)15(24)21-13-6-5-10(19)7-12(13)18/h5-7,21H,2-4,8H2,1H3,(H2,20,23). The second kappa shape index (κ2) is 6.32. The van der Waals surface area contributed by atoms with Gasteiger partial charge in [0.15, 0.2) is 0 Å². The average molecular weight is 453 g/mol. The van der Waals surface area contributed by atoms with Gasteiger partial charge in [-0.25, -0.2) is 4.39 Å². The second-order valence-corrected chi connectivity index (χ2v) is 7.46. The van der Waals surface area contributed by atoms with Gasteiger partial charge in [0, 0.05) is 17.2 Å². The first-order valence-corrected chi connectivity index (χ1v) is 9.09. The van der Waals surface area contributed by atoms with E-state index in [9.17, 15) is 4.39 Å². The van der Waals surface area contributed by atoms with Gasteiger partial charge in [-0.05, 0) is 71.2 Å². The molecule has 2 heterocycles. The zero-order valence-electron chi connectivity index (χ0n) is 13.6. The van der Waals surface area contributed by atoms with Crippen LogP contribution in [0.15, 0.2) is 39.6 Å². The lowest BCUT2D eigenvalue weighted by molar-refractivity contribution is 0.445. The summed E-state index contributed by atoms with van der Waals surface area (Å²) >= 11 is 2.09. The fraction of sp³-hybridized carbons (Fsp3) is 0.294. The van der Waals surface area contributed by atoms with Crippen LogP contribution in [0.25, 0.3) is 5.57 Å². The Kier molecular flexibility index (Phi) is 4.14. The second-order valence-electron chi connectivity index (χ2n) is 6.21. The van der Waals surface area contributed by atoms with Gasteiger partial charge in [-0.1, -0.05) is 5.10 Å². The van der Waals surface area contributed by atoms with Crippen LogP contribution in [0.3, 0.4) is 0 Å². The van der Waals surface area contributed by atoms with Gasteiger partial charge in [-0.15, -0.1) is 5.10 Å². The highest BCUT2D eigenvalue weighted by Gasteiger charge is 2.32. The van der Waals surface area contributed by atoms with Gasteiger partial charge >= 0.3 is 6.01 Å². The van der Waals surface area contributed by atoms with Crippen molar-refractivity contribution in [2.45, 2.75) is 19.3 Å². The molecule has 0 amide bonds. The summed E-state index contributed by atoms with van der Waals surface area (Å²) in [6.45, 7) is 0.802. The Morgan fingerprint density at radius 2 is 2.16 bits per heavy atom. The lowest BCUT2D eigenvalue weighted by Gasteiger charge is -2.31. The summed E-state index contributed by atoms with van der Waals surface area (Å²) in [6.07, 6.45) is 3.09. The first kappa shape index (κ1) is 16.4. The Bertz CT molecular complexity index is 904. The van der Waals surface area contributed by atoms with E-state index in [2.05, 4.69) is 43.0 Å². The first-order valence-electron chi connectivity index (χ1n) is 8.01. The minimum Gasteiger partial charge on any atom is -0.403 e. The molecule has 2 aromatic rings. The van der Waals surface area contributed by atoms with Crippen LogP contribution in [0.4, 0.5) is 16.1 Å². The number of aromatic nitrogens is 2. The SMILES string of the molecule is CN1CC2=C(CCC2)C(c2nnc(N)o2)=C1Nc1ccc(I)cc1F. The number of nitrogens with one attached hydrogen (secondary N) is 1. The Hall–Kier alpha value is -2.10. The van der Waals surface area contributed by atoms with E-state index >= 15 is 0 Å². The highest BCUT2D eigenvalue weighted by Crippen LogP contribution is 2.42. The lowest BCUT2D eigenvalue weighted by atomic mass is 9.97. The van der Waals surface area contributed by atoms with E-state index in [1.165, 1.54) is 17.2 Å². The number of hydrogen-bond acceptors (Lipinski definition) is 6. The molecule has 0 fully saturated rings. The molecule has 1 aromatic heterocycles. The topological polar surface area (TPSA) is 80.2 Å². The van der Waals surface area contributed by atoms with Gasteiger partial charge in [-0.2, -0.15) is 0 Å². The summed E-state index contributed by atoms with van der Waals surface area (Å²) in [4.78, 5) is 2.05. The molecule has 8 heteroatoms. The van der Waals surface area contributed by atoms with E-state index in [0.717, 1.165) is 40.8 Å². The van der Waals surface area contributed by atoms with Crippen LogP contribution in [0.5, 0.6) is 0 Å². The third-order valence-electron chi connectivity index (χ3n) is 4.52. The average Bonchev–Trinajstić information content (AvgIpc) is 3.19. The van der Waals surface area contributed by atoms with Crippen molar-refractivity contribution in [2.75, 3.05) is 24.6 Å². The van der Waals surface area contributed by atoms with E-state index in [1.54, 1.807) is 6.07 Å². The van der Waals surface area contributed by atoms with E-state index in [0.29, 0.717) is 11.6 Å². The fourth-order valence-corrected chi connectivity index (χ4v) is 3.88. The summed E-state index contributed by atoms with van der Waals surface area (Å²) in [5.41, 5.74) is 9.42. The van der Waals surface area contributed by atoms with E-state index in [1.807, 2.05) is 13.1 Å². The number of nitrogens with two attached hydrogens (primary N) is 1. The zero-order chi connectivity index (χ0) is 17.6. The molecular weight excluding hydrogens is 436 g/mol. The molecule has 0 bridgehead atoms. The third kappa shape index (κ3) is 2.99. The Labute approximate surface area is 158 Å². The van der Waals surface area contributed by atoms with Gasteiger partial charge < -0.3 is 20.4 Å². The smallest absolute Gasteiger partial charge is 0.313 e. The van der Waals surface area contributed by atoms with Gasteiger partial charge in [0.1, 0.15) is 11.6 Å². The molecule has 1 aliphatic heterocycles. The minimum absolute atomic E-state index is 0.0238. The van der Waals surface area contributed by atoms with E-state index < -0.39 is 0 Å². The van der Waals surface area contributed by atoms with Crippen molar-refractivity contribution in [3.63, 3.8) is 0 Å². The van der Waals surface area contributed by atoms with Gasteiger partial charge in [0.05, 0.1) is 11.3 Å². The minimum atomic E-state index is -0.302. The van der Waals surface area contributed by atoms with Crippen LogP contribution >= 0.6 is 22.6 Å². The summed E-state index contributed by atoms with van der Waals surface area (Å²) in [5.74, 6) is 0.819. The maximum Gasteiger partial charge on any atom is 0.313 e. The highest BCUT2D eigenvalue weighted by atomic mass is 127. The summed E-state index contributed by atoms with van der Waals surface area (Å²) in [5, 5.41) is 11.1. The lowest BCUT2D eigenvalue weighted by Crippen LogP contribution is -2.30. The normalized spacial score (nSPS) is 17.3. The van der Waals surface area contributed by atoms with Crippen molar-refractivity contribution < 1.29 is 8.81 Å². The molecule has 130 valence electrons. The van der Waals surface area contributed by atoms with E-state index in [4.69, 9.17) is 10.2 Å². The summed E-state index contributed by atoms with van der Waals surface area (Å²) in [7, 11) is 1.97. The van der Waals surface area contributed by atoms with Gasteiger partial charge in [-0.3, -0.25) is 0 Å². The van der Waals surface area contributed by atoms with Crippen molar-refractivity contribution in [3.05, 3.63) is 50.4 Å². The Balaban J connectivity index is 1.84. The van der Waals surface area contributed by atoms with Crippen LogP contribution in [-0.4, -0.2) is 28.7 Å². The van der Waals surface area contributed by atoms with Crippen LogP contribution in [0.2, 0.25) is 0 Å². The molecule has 25 heavy (non-hydrogen) atoms. The summed E-state index contributed by atoms with van der Waals surface area (Å²) in [6, 6.07) is 5.11. The molecule has 0 spiro atoms. The van der Waals surface area contributed by atoms with E-state index in [-0.39, 0.29) is 11.8 Å². The number of likely N-dealkylation sites (N-methyl/N-ethyl adjacent to an activating group) is 1. The van der Waals surface area contributed by atoms with Crippen LogP contribution < -0.4 is 11.1 Å². The molecule has 3 N–H and O–H groups in total. The molecule has 4 rings (SSSR count). The number of nitrogen functional groups attached to an aromatic ring is 1. The molecule has 0 unspecified atom stereocenters. The first-order chi connectivity index (χ1) is 12.0. The molecule has 2 aliphatic rings.